The molecule has 1 aromatic carbocycles. The number of allylic oxidation sites excluding steroid dienone is 1. The van der Waals surface area contributed by atoms with Gasteiger partial charge in [-0.3, -0.25) is 0 Å². The van der Waals surface area contributed by atoms with Gasteiger partial charge in [0.15, 0.2) is 16.6 Å². The van der Waals surface area contributed by atoms with Gasteiger partial charge < -0.3 is 29.6 Å². The minimum absolute atomic E-state index is 0.167. The lowest BCUT2D eigenvalue weighted by atomic mass is 9.94. The van der Waals surface area contributed by atoms with E-state index in [4.69, 9.17) is 31.2 Å². The number of esters is 1. The van der Waals surface area contributed by atoms with Crippen molar-refractivity contribution in [3.63, 3.8) is 0 Å². The summed E-state index contributed by atoms with van der Waals surface area (Å²) >= 11 is 5.30. The first kappa shape index (κ1) is 21.0. The normalized spacial score (nSPS) is 16.4. The number of methoxy groups -OCH3 is 2. The minimum Gasteiger partial charge on any atom is -0.493 e. The molecule has 0 aliphatic carbocycles. The third-order valence-corrected chi connectivity index (χ3v) is 4.22. The van der Waals surface area contributed by atoms with Crippen LogP contribution in [0.15, 0.2) is 29.5 Å². The average Bonchev–Trinajstić information content (AvgIpc) is 2.65. The Morgan fingerprint density at radius 2 is 2.00 bits per heavy atom. The van der Waals surface area contributed by atoms with Crippen LogP contribution in [0.25, 0.3) is 0 Å². The fraction of sp³-hybridized carbons (Fsp3) is 0.474. The second-order valence-electron chi connectivity index (χ2n) is 5.93. The van der Waals surface area contributed by atoms with Crippen LogP contribution in [-0.4, -0.2) is 45.1 Å². The maximum Gasteiger partial charge on any atom is 0.338 e. The predicted molar refractivity (Wildman–Crippen MR) is 106 cm³/mol. The summed E-state index contributed by atoms with van der Waals surface area (Å²) in [5.41, 5.74) is 1.83. The summed E-state index contributed by atoms with van der Waals surface area (Å²) in [4.78, 5) is 12.7. The summed E-state index contributed by atoms with van der Waals surface area (Å²) in [7, 11) is 3.14. The third-order valence-electron chi connectivity index (χ3n) is 4.00. The SMILES string of the molecule is CCCOc1c(OC)cccc1C1NC(=S)NC(C)=C1C(=O)OCCOC. The molecule has 8 heteroatoms. The first-order valence-electron chi connectivity index (χ1n) is 8.77. The molecular formula is C19H26N2O5S. The highest BCUT2D eigenvalue weighted by molar-refractivity contribution is 7.80. The molecule has 0 saturated heterocycles. The van der Waals surface area contributed by atoms with Gasteiger partial charge in [-0.1, -0.05) is 19.1 Å². The molecule has 1 heterocycles. The molecule has 7 nitrogen and oxygen atoms in total. The zero-order chi connectivity index (χ0) is 19.8. The molecule has 1 unspecified atom stereocenters. The highest BCUT2D eigenvalue weighted by Crippen LogP contribution is 2.39. The number of carbonyl (C=O) groups excluding carboxylic acids is 1. The van der Waals surface area contributed by atoms with E-state index in [0.29, 0.717) is 41.1 Å². The van der Waals surface area contributed by atoms with Crippen molar-refractivity contribution in [2.24, 2.45) is 0 Å². The highest BCUT2D eigenvalue weighted by atomic mass is 32.1. The summed E-state index contributed by atoms with van der Waals surface area (Å²) in [6.45, 7) is 4.83. The first-order chi connectivity index (χ1) is 13.0. The van der Waals surface area contributed by atoms with Gasteiger partial charge in [0.2, 0.25) is 0 Å². The zero-order valence-electron chi connectivity index (χ0n) is 16.1. The fourth-order valence-electron chi connectivity index (χ4n) is 2.77. The van der Waals surface area contributed by atoms with Crippen LogP contribution in [0, 0.1) is 0 Å². The van der Waals surface area contributed by atoms with E-state index in [1.54, 1.807) is 21.1 Å². The molecule has 0 saturated carbocycles. The van der Waals surface area contributed by atoms with E-state index in [1.807, 2.05) is 25.1 Å². The zero-order valence-corrected chi connectivity index (χ0v) is 16.9. The molecule has 0 spiro atoms. The van der Waals surface area contributed by atoms with Crippen LogP contribution in [0.5, 0.6) is 11.5 Å². The van der Waals surface area contributed by atoms with Crippen LogP contribution in [-0.2, 0) is 14.3 Å². The number of thiocarbonyl (C=S) groups is 1. The number of hydrogen-bond acceptors (Lipinski definition) is 6. The molecule has 0 radical (unpaired) electrons. The number of hydrogen-bond donors (Lipinski definition) is 2. The van der Waals surface area contributed by atoms with Gasteiger partial charge in [-0.25, -0.2) is 4.79 Å². The predicted octanol–water partition coefficient (Wildman–Crippen LogP) is 2.47. The highest BCUT2D eigenvalue weighted by Gasteiger charge is 2.33. The number of benzene rings is 1. The maximum absolute atomic E-state index is 12.7. The molecular weight excluding hydrogens is 368 g/mol. The summed E-state index contributed by atoms with van der Waals surface area (Å²) in [6.07, 6.45) is 0.844. The van der Waals surface area contributed by atoms with Gasteiger partial charge in [0.05, 0.1) is 31.9 Å². The van der Waals surface area contributed by atoms with Crippen LogP contribution < -0.4 is 20.1 Å². The Hall–Kier alpha value is -2.32. The van der Waals surface area contributed by atoms with E-state index >= 15 is 0 Å². The Kier molecular flexibility index (Phi) is 7.87. The summed E-state index contributed by atoms with van der Waals surface area (Å²) in [5.74, 6) is 0.734. The Balaban J connectivity index is 2.45. The lowest BCUT2D eigenvalue weighted by Crippen LogP contribution is -2.45. The van der Waals surface area contributed by atoms with E-state index in [1.165, 1.54) is 0 Å². The summed E-state index contributed by atoms with van der Waals surface area (Å²) in [6, 6.07) is 5.04. The quantitative estimate of drug-likeness (QED) is 0.376. The second kappa shape index (κ2) is 10.1. The van der Waals surface area contributed by atoms with Crippen LogP contribution in [0.1, 0.15) is 31.9 Å². The fourth-order valence-corrected chi connectivity index (χ4v) is 3.04. The lowest BCUT2D eigenvalue weighted by molar-refractivity contribution is -0.140. The van der Waals surface area contributed by atoms with Gasteiger partial charge in [-0.2, -0.15) is 0 Å². The van der Waals surface area contributed by atoms with Crippen LogP contribution in [0.4, 0.5) is 0 Å². The standard InChI is InChI=1S/C19H26N2O5S/c1-5-9-25-17-13(7-6-8-14(17)24-4)16-15(12(2)20-19(27)21-16)18(22)26-11-10-23-3/h6-8,16H,5,9-11H2,1-4H3,(H2,20,21,27). The molecule has 2 rings (SSSR count). The van der Waals surface area contributed by atoms with Gasteiger partial charge in [0, 0.05) is 18.4 Å². The van der Waals surface area contributed by atoms with E-state index in [0.717, 1.165) is 12.0 Å². The van der Waals surface area contributed by atoms with E-state index in [-0.39, 0.29) is 6.61 Å². The van der Waals surface area contributed by atoms with Crippen molar-refractivity contribution in [1.82, 2.24) is 10.6 Å². The molecule has 0 aromatic heterocycles. The average molecular weight is 394 g/mol. The second-order valence-corrected chi connectivity index (χ2v) is 6.33. The van der Waals surface area contributed by atoms with Crippen molar-refractivity contribution in [3.8, 4) is 11.5 Å². The first-order valence-corrected chi connectivity index (χ1v) is 9.18. The van der Waals surface area contributed by atoms with Gasteiger partial charge in [0.1, 0.15) is 6.61 Å². The number of rotatable bonds is 9. The lowest BCUT2D eigenvalue weighted by Gasteiger charge is -2.31. The smallest absolute Gasteiger partial charge is 0.338 e. The van der Waals surface area contributed by atoms with Gasteiger partial charge in [0.25, 0.3) is 0 Å². The largest absolute Gasteiger partial charge is 0.493 e. The van der Waals surface area contributed by atoms with Crippen molar-refractivity contribution >= 4 is 23.3 Å². The van der Waals surface area contributed by atoms with Crippen molar-refractivity contribution in [3.05, 3.63) is 35.0 Å². The Bertz CT molecular complexity index is 720. The molecule has 1 aliphatic rings. The Morgan fingerprint density at radius 3 is 2.67 bits per heavy atom. The minimum atomic E-state index is -0.518. The number of para-hydroxylation sites is 1. The molecule has 0 amide bonds. The Labute approximate surface area is 165 Å². The monoisotopic (exact) mass is 394 g/mol. The number of ether oxygens (including phenoxy) is 4. The van der Waals surface area contributed by atoms with Crippen LogP contribution in [0.2, 0.25) is 0 Å². The molecule has 1 aromatic rings. The topological polar surface area (TPSA) is 78.1 Å². The van der Waals surface area contributed by atoms with Gasteiger partial charge >= 0.3 is 5.97 Å². The summed E-state index contributed by atoms with van der Waals surface area (Å²) in [5, 5.41) is 6.56. The van der Waals surface area contributed by atoms with Gasteiger partial charge in [-0.05, 0) is 31.6 Å². The number of nitrogens with one attached hydrogen (secondary N) is 2. The molecule has 1 atom stereocenters. The van der Waals surface area contributed by atoms with E-state index < -0.39 is 12.0 Å². The molecule has 1 aliphatic heterocycles. The molecule has 0 bridgehead atoms. The van der Waals surface area contributed by atoms with E-state index in [2.05, 4.69) is 10.6 Å². The maximum atomic E-state index is 12.7. The molecule has 2 N–H and O–H groups in total. The third kappa shape index (κ3) is 5.11. The summed E-state index contributed by atoms with van der Waals surface area (Å²) < 4.78 is 21.7. The van der Waals surface area contributed by atoms with Crippen molar-refractivity contribution in [1.29, 1.82) is 0 Å². The number of carbonyl (C=O) groups is 1. The molecule has 148 valence electrons. The molecule has 27 heavy (non-hydrogen) atoms. The van der Waals surface area contributed by atoms with Crippen molar-refractivity contribution in [2.45, 2.75) is 26.3 Å². The van der Waals surface area contributed by atoms with Crippen LogP contribution in [0.3, 0.4) is 0 Å². The Morgan fingerprint density at radius 1 is 1.22 bits per heavy atom. The van der Waals surface area contributed by atoms with E-state index in [9.17, 15) is 4.79 Å². The van der Waals surface area contributed by atoms with Crippen LogP contribution >= 0.6 is 12.2 Å². The van der Waals surface area contributed by atoms with Crippen molar-refractivity contribution < 1.29 is 23.7 Å². The van der Waals surface area contributed by atoms with Gasteiger partial charge in [-0.15, -0.1) is 0 Å². The van der Waals surface area contributed by atoms with Crippen molar-refractivity contribution in [2.75, 3.05) is 34.0 Å². The molecule has 0 fully saturated rings.